The van der Waals surface area contributed by atoms with E-state index < -0.39 is 10.9 Å². The van der Waals surface area contributed by atoms with Gasteiger partial charge in [-0.1, -0.05) is 0 Å². The van der Waals surface area contributed by atoms with Crippen molar-refractivity contribution in [2.75, 3.05) is 13.7 Å². The molecule has 106 valence electrons. The number of hydrogen-bond acceptors (Lipinski definition) is 5. The van der Waals surface area contributed by atoms with Gasteiger partial charge >= 0.3 is 5.97 Å². The summed E-state index contributed by atoms with van der Waals surface area (Å²) in [6.07, 6.45) is 0. The molecule has 0 aliphatic heterocycles. The van der Waals surface area contributed by atoms with Crippen LogP contribution >= 0.6 is 0 Å². The summed E-state index contributed by atoms with van der Waals surface area (Å²) in [4.78, 5) is 22.2. The number of aromatic nitrogens is 1. The summed E-state index contributed by atoms with van der Waals surface area (Å²) >= 11 is 0. The Balaban J connectivity index is 2.58. The Labute approximate surface area is 114 Å². The first-order valence-electron chi connectivity index (χ1n) is 6.02. The zero-order valence-electron chi connectivity index (χ0n) is 11.2. The van der Waals surface area contributed by atoms with E-state index in [0.29, 0.717) is 16.6 Å². The number of nitro groups is 1. The summed E-state index contributed by atoms with van der Waals surface area (Å²) in [6.45, 7) is 2.13. The Morgan fingerprint density at radius 3 is 2.75 bits per heavy atom. The van der Waals surface area contributed by atoms with Crippen LogP contribution in [-0.4, -0.2) is 29.2 Å². The number of methoxy groups -OCH3 is 1. The first kappa shape index (κ1) is 14.0. The molecule has 7 heteroatoms. The van der Waals surface area contributed by atoms with E-state index in [0.717, 1.165) is 0 Å². The molecule has 0 atom stereocenters. The Morgan fingerprint density at radius 1 is 1.40 bits per heavy atom. The third kappa shape index (κ3) is 2.48. The van der Waals surface area contributed by atoms with Crippen LogP contribution in [0.1, 0.15) is 17.4 Å². The minimum atomic E-state index is -0.483. The second-order valence-corrected chi connectivity index (χ2v) is 4.10. The number of hydrogen-bond donors (Lipinski definition) is 0. The van der Waals surface area contributed by atoms with Crippen molar-refractivity contribution in [1.29, 1.82) is 0 Å². The molecule has 0 spiro atoms. The van der Waals surface area contributed by atoms with E-state index in [-0.39, 0.29) is 19.0 Å². The van der Waals surface area contributed by atoms with E-state index in [1.165, 1.54) is 19.2 Å². The molecule has 0 fully saturated rings. The molecule has 0 saturated carbocycles. The minimum absolute atomic E-state index is 0.0255. The fraction of sp³-hybridized carbons (Fsp3) is 0.308. The third-order valence-corrected chi connectivity index (χ3v) is 2.84. The van der Waals surface area contributed by atoms with Crippen LogP contribution in [0.25, 0.3) is 10.9 Å². The topological polar surface area (TPSA) is 83.6 Å². The molecule has 0 N–H and O–H groups in total. The van der Waals surface area contributed by atoms with Gasteiger partial charge in [-0.05, 0) is 19.1 Å². The molecule has 0 radical (unpaired) electrons. The number of rotatable bonds is 5. The number of fused-ring (bicyclic) bond motifs is 1. The Kier molecular flexibility index (Phi) is 3.99. The van der Waals surface area contributed by atoms with Crippen LogP contribution in [0.4, 0.5) is 5.69 Å². The molecule has 2 aromatic rings. The standard InChI is InChI=1S/C13H14N2O5/c1-3-20-13(16)12-7-9-6-10(15(17)18)4-5-11(9)14(12)8-19-2/h4-7H,3,8H2,1-2H3. The van der Waals surface area contributed by atoms with Crippen molar-refractivity contribution in [2.24, 2.45) is 0 Å². The average Bonchev–Trinajstić information content (AvgIpc) is 2.77. The van der Waals surface area contributed by atoms with Crippen molar-refractivity contribution in [3.63, 3.8) is 0 Å². The molecule has 2 rings (SSSR count). The quantitative estimate of drug-likeness (QED) is 0.476. The molecule has 20 heavy (non-hydrogen) atoms. The third-order valence-electron chi connectivity index (χ3n) is 2.84. The van der Waals surface area contributed by atoms with Crippen molar-refractivity contribution in [3.8, 4) is 0 Å². The van der Waals surface area contributed by atoms with Crippen LogP contribution in [-0.2, 0) is 16.2 Å². The number of nitro benzene ring substituents is 1. The van der Waals surface area contributed by atoms with Gasteiger partial charge in [0, 0.05) is 24.6 Å². The Bertz CT molecular complexity index is 662. The smallest absolute Gasteiger partial charge is 0.355 e. The fourth-order valence-electron chi connectivity index (χ4n) is 2.01. The molecule has 1 aromatic carbocycles. The summed E-state index contributed by atoms with van der Waals surface area (Å²) in [7, 11) is 1.51. The summed E-state index contributed by atoms with van der Waals surface area (Å²) in [6, 6.07) is 5.97. The van der Waals surface area contributed by atoms with Gasteiger partial charge in [-0.15, -0.1) is 0 Å². The van der Waals surface area contributed by atoms with Crippen molar-refractivity contribution in [2.45, 2.75) is 13.7 Å². The minimum Gasteiger partial charge on any atom is -0.461 e. The Morgan fingerprint density at radius 2 is 2.15 bits per heavy atom. The SMILES string of the molecule is CCOC(=O)c1cc2cc([N+](=O)[O-])ccc2n1COC. The molecular weight excluding hydrogens is 264 g/mol. The van der Waals surface area contributed by atoms with E-state index in [4.69, 9.17) is 9.47 Å². The van der Waals surface area contributed by atoms with Gasteiger partial charge in [0.25, 0.3) is 5.69 Å². The summed E-state index contributed by atoms with van der Waals surface area (Å²) in [5.41, 5.74) is 0.965. The zero-order valence-corrected chi connectivity index (χ0v) is 11.2. The van der Waals surface area contributed by atoms with E-state index in [2.05, 4.69) is 0 Å². The van der Waals surface area contributed by atoms with Crippen LogP contribution < -0.4 is 0 Å². The van der Waals surface area contributed by atoms with Crippen LogP contribution in [0.15, 0.2) is 24.3 Å². The lowest BCUT2D eigenvalue weighted by atomic mass is 10.2. The highest BCUT2D eigenvalue weighted by molar-refractivity contribution is 5.96. The zero-order chi connectivity index (χ0) is 14.7. The fourth-order valence-corrected chi connectivity index (χ4v) is 2.01. The van der Waals surface area contributed by atoms with Gasteiger partial charge in [0.1, 0.15) is 12.4 Å². The monoisotopic (exact) mass is 278 g/mol. The lowest BCUT2D eigenvalue weighted by molar-refractivity contribution is -0.384. The largest absolute Gasteiger partial charge is 0.461 e. The normalized spacial score (nSPS) is 10.7. The average molecular weight is 278 g/mol. The van der Waals surface area contributed by atoms with Crippen LogP contribution in [0.5, 0.6) is 0 Å². The molecule has 0 saturated heterocycles. The highest BCUT2D eigenvalue weighted by Crippen LogP contribution is 2.25. The second-order valence-electron chi connectivity index (χ2n) is 4.10. The van der Waals surface area contributed by atoms with Crippen molar-refractivity contribution >= 4 is 22.6 Å². The van der Waals surface area contributed by atoms with Crippen LogP contribution in [0, 0.1) is 10.1 Å². The van der Waals surface area contributed by atoms with Crippen molar-refractivity contribution in [1.82, 2.24) is 4.57 Å². The van der Waals surface area contributed by atoms with Gasteiger partial charge < -0.3 is 14.0 Å². The number of carbonyl (C=O) groups excluding carboxylic acids is 1. The number of benzene rings is 1. The van der Waals surface area contributed by atoms with Gasteiger partial charge in [-0.25, -0.2) is 4.79 Å². The Hall–Kier alpha value is -2.41. The number of esters is 1. The van der Waals surface area contributed by atoms with E-state index in [1.807, 2.05) is 0 Å². The molecule has 1 aromatic heterocycles. The highest BCUT2D eigenvalue weighted by atomic mass is 16.6. The maximum atomic E-state index is 11.9. The van der Waals surface area contributed by atoms with E-state index in [9.17, 15) is 14.9 Å². The summed E-state index contributed by atoms with van der Waals surface area (Å²) < 4.78 is 11.7. The highest BCUT2D eigenvalue weighted by Gasteiger charge is 2.18. The predicted octanol–water partition coefficient (Wildman–Crippen LogP) is 2.33. The first-order valence-corrected chi connectivity index (χ1v) is 6.02. The first-order chi connectivity index (χ1) is 9.58. The maximum Gasteiger partial charge on any atom is 0.355 e. The molecule has 0 bridgehead atoms. The van der Waals surface area contributed by atoms with Gasteiger partial charge in [-0.3, -0.25) is 10.1 Å². The molecule has 0 aliphatic carbocycles. The number of nitrogens with zero attached hydrogens (tertiary/aromatic N) is 2. The summed E-state index contributed by atoms with van der Waals surface area (Å²) in [5.74, 6) is -0.483. The number of ether oxygens (including phenoxy) is 2. The van der Waals surface area contributed by atoms with Gasteiger partial charge in [-0.2, -0.15) is 0 Å². The molecule has 0 unspecified atom stereocenters. The van der Waals surface area contributed by atoms with E-state index >= 15 is 0 Å². The van der Waals surface area contributed by atoms with Gasteiger partial charge in [0.15, 0.2) is 0 Å². The van der Waals surface area contributed by atoms with Crippen molar-refractivity contribution < 1.29 is 19.2 Å². The summed E-state index contributed by atoms with van der Waals surface area (Å²) in [5, 5.41) is 11.4. The van der Waals surface area contributed by atoms with Gasteiger partial charge in [0.05, 0.1) is 17.0 Å². The lowest BCUT2D eigenvalue weighted by Gasteiger charge is -2.08. The molecular formula is C13H14N2O5. The van der Waals surface area contributed by atoms with E-state index in [1.54, 1.807) is 23.6 Å². The second kappa shape index (κ2) is 5.70. The molecule has 0 amide bonds. The lowest BCUT2D eigenvalue weighted by Crippen LogP contribution is -2.12. The number of non-ortho nitro benzene ring substituents is 1. The molecule has 0 aliphatic rings. The predicted molar refractivity (Wildman–Crippen MR) is 71.6 cm³/mol. The van der Waals surface area contributed by atoms with Crippen LogP contribution in [0.2, 0.25) is 0 Å². The van der Waals surface area contributed by atoms with Crippen LogP contribution in [0.3, 0.4) is 0 Å². The number of carbonyl (C=O) groups is 1. The van der Waals surface area contributed by atoms with Gasteiger partial charge in [0.2, 0.25) is 0 Å². The molecule has 1 heterocycles. The molecule has 7 nitrogen and oxygen atoms in total. The van der Waals surface area contributed by atoms with Crippen molar-refractivity contribution in [3.05, 3.63) is 40.1 Å². The maximum absolute atomic E-state index is 11.9.